The molecule has 3 heteroatoms. The van der Waals surface area contributed by atoms with E-state index in [4.69, 9.17) is 4.42 Å². The minimum absolute atomic E-state index is 0.897. The number of hydrogen-bond donors (Lipinski definition) is 0. The highest BCUT2D eigenvalue weighted by Gasteiger charge is 2.19. The van der Waals surface area contributed by atoms with Crippen molar-refractivity contribution in [2.75, 3.05) is 4.90 Å². The first-order valence-electron chi connectivity index (χ1n) is 24.4. The number of aromatic nitrogens is 1. The maximum atomic E-state index is 6.51. The highest BCUT2D eigenvalue weighted by Crippen LogP contribution is 2.43. The van der Waals surface area contributed by atoms with Gasteiger partial charge < -0.3 is 13.9 Å². The first-order chi connectivity index (χ1) is 35.0. The van der Waals surface area contributed by atoms with Crippen molar-refractivity contribution in [2.45, 2.75) is 13.8 Å². The minimum atomic E-state index is 0.897. The Labute approximate surface area is 413 Å². The molecule has 0 amide bonds. The maximum Gasteiger partial charge on any atom is 0.143 e. The van der Waals surface area contributed by atoms with Crippen LogP contribution in [0.25, 0.3) is 105 Å². The quantitative estimate of drug-likeness (QED) is 0.144. The van der Waals surface area contributed by atoms with E-state index in [0.29, 0.717) is 0 Å². The van der Waals surface area contributed by atoms with Gasteiger partial charge in [-0.25, -0.2) is 0 Å². The Hall–Kier alpha value is -9.18. The normalized spacial score (nSPS) is 11.5. The van der Waals surface area contributed by atoms with Crippen molar-refractivity contribution >= 4 is 60.8 Å². The number of para-hydroxylation sites is 4. The summed E-state index contributed by atoms with van der Waals surface area (Å²) in [5.41, 5.74) is 22.6. The third-order valence-corrected chi connectivity index (χ3v) is 14.0. The van der Waals surface area contributed by atoms with Gasteiger partial charge in [0.05, 0.1) is 11.0 Å². The van der Waals surface area contributed by atoms with Crippen LogP contribution in [-0.4, -0.2) is 4.57 Å². The number of hydrogen-bond acceptors (Lipinski definition) is 2. The molecule has 0 N–H and O–H groups in total. The van der Waals surface area contributed by atoms with E-state index in [1.165, 1.54) is 49.6 Å². The summed E-state index contributed by atoms with van der Waals surface area (Å²) in [6.07, 6.45) is 0. The number of anilines is 3. The van der Waals surface area contributed by atoms with Gasteiger partial charge in [0.2, 0.25) is 0 Å². The smallest absolute Gasteiger partial charge is 0.143 e. The van der Waals surface area contributed by atoms with E-state index in [1.807, 2.05) is 12.1 Å². The van der Waals surface area contributed by atoms with E-state index in [1.54, 1.807) is 0 Å². The molecule has 13 rings (SSSR count). The molecule has 2 heterocycles. The summed E-state index contributed by atoms with van der Waals surface area (Å²) < 4.78 is 8.88. The van der Waals surface area contributed by atoms with Gasteiger partial charge in [0, 0.05) is 49.9 Å². The van der Waals surface area contributed by atoms with Gasteiger partial charge in [-0.15, -0.1) is 0 Å². The van der Waals surface area contributed by atoms with Crippen molar-refractivity contribution in [1.82, 2.24) is 4.57 Å². The largest absolute Gasteiger partial charge is 0.455 e. The third-order valence-electron chi connectivity index (χ3n) is 14.0. The molecule has 0 saturated heterocycles. The topological polar surface area (TPSA) is 21.3 Å². The van der Waals surface area contributed by atoms with Gasteiger partial charge in [-0.05, 0) is 143 Å². The summed E-state index contributed by atoms with van der Waals surface area (Å²) in [6.45, 7) is 4.34. The molecule has 2 aromatic heterocycles. The van der Waals surface area contributed by atoms with Crippen LogP contribution in [0.3, 0.4) is 0 Å². The molecule has 0 aliphatic heterocycles. The van der Waals surface area contributed by atoms with E-state index in [9.17, 15) is 0 Å². The molecule has 0 aliphatic rings. The van der Waals surface area contributed by atoms with Crippen molar-refractivity contribution in [3.63, 3.8) is 0 Å². The first-order valence-corrected chi connectivity index (χ1v) is 24.4. The standard InChI is InChI=1S/C68H48N2O/c1-45-38-46(2)40-53(39-45)49-24-26-50(27-25-49)55-41-54(47-14-5-3-6-15-47)42-59(43-55)69(58-35-30-51(31-36-58)60-20-13-21-63-62-19-10-12-23-67(62)71-68(60)63)57-33-28-48(29-34-57)52-32-37-66-64(44-52)61-18-9-11-22-65(61)70(66)56-16-7-4-8-17-56/h3-44H,1-2H3. The minimum Gasteiger partial charge on any atom is -0.455 e. The van der Waals surface area contributed by atoms with Crippen molar-refractivity contribution in [2.24, 2.45) is 0 Å². The summed E-state index contributed by atoms with van der Waals surface area (Å²) in [5.74, 6) is 0. The predicted molar refractivity (Wildman–Crippen MR) is 299 cm³/mol. The number of aryl methyl sites for hydroxylation is 2. The zero-order valence-corrected chi connectivity index (χ0v) is 39.6. The van der Waals surface area contributed by atoms with Crippen molar-refractivity contribution in [3.8, 4) is 61.3 Å². The lowest BCUT2D eigenvalue weighted by molar-refractivity contribution is 0.670. The molecule has 0 fully saturated rings. The van der Waals surface area contributed by atoms with E-state index in [2.05, 4.69) is 266 Å². The SMILES string of the molecule is Cc1cc(C)cc(-c2ccc(-c3cc(-c4ccccc4)cc(N(c4ccc(-c5ccc6c(c5)c5ccccc5n6-c5ccccc5)cc4)c4ccc(-c5cccc6c5oc5ccccc56)cc4)c3)cc2)c1. The molecule has 3 nitrogen and oxygen atoms in total. The van der Waals surface area contributed by atoms with Crippen LogP contribution in [0.4, 0.5) is 17.1 Å². The monoisotopic (exact) mass is 908 g/mol. The van der Waals surface area contributed by atoms with Gasteiger partial charge >= 0.3 is 0 Å². The Morgan fingerprint density at radius 1 is 0.310 bits per heavy atom. The van der Waals surface area contributed by atoms with Gasteiger partial charge in [-0.1, -0.05) is 187 Å². The Kier molecular flexibility index (Phi) is 10.3. The highest BCUT2D eigenvalue weighted by molar-refractivity contribution is 6.11. The molecule has 0 bridgehead atoms. The lowest BCUT2D eigenvalue weighted by atomic mass is 9.95. The second-order valence-corrected chi connectivity index (χ2v) is 18.7. The molecule has 0 unspecified atom stereocenters. The lowest BCUT2D eigenvalue weighted by Crippen LogP contribution is -2.10. The fraction of sp³-hybridized carbons (Fsp3) is 0.0294. The third kappa shape index (κ3) is 7.65. The number of rotatable bonds is 9. The molecule has 0 radical (unpaired) electrons. The molecule has 0 atom stereocenters. The van der Waals surface area contributed by atoms with Gasteiger partial charge in [0.15, 0.2) is 0 Å². The summed E-state index contributed by atoms with van der Waals surface area (Å²) >= 11 is 0. The molecular formula is C68H48N2O. The molecule has 11 aromatic carbocycles. The summed E-state index contributed by atoms with van der Waals surface area (Å²) in [6, 6.07) is 92.5. The number of fused-ring (bicyclic) bond motifs is 6. The lowest BCUT2D eigenvalue weighted by Gasteiger charge is -2.27. The van der Waals surface area contributed by atoms with Crippen LogP contribution in [0.15, 0.2) is 259 Å². The maximum absolute atomic E-state index is 6.51. The zero-order valence-electron chi connectivity index (χ0n) is 39.6. The first kappa shape index (κ1) is 42.0. The average molecular weight is 909 g/mol. The molecule has 336 valence electrons. The molecular weight excluding hydrogens is 861 g/mol. The van der Waals surface area contributed by atoms with Crippen LogP contribution in [0.2, 0.25) is 0 Å². The van der Waals surface area contributed by atoms with Crippen molar-refractivity contribution < 1.29 is 4.42 Å². The van der Waals surface area contributed by atoms with Crippen molar-refractivity contribution in [3.05, 3.63) is 266 Å². The van der Waals surface area contributed by atoms with Crippen molar-refractivity contribution in [1.29, 1.82) is 0 Å². The zero-order chi connectivity index (χ0) is 47.4. The summed E-state index contributed by atoms with van der Waals surface area (Å²) in [4.78, 5) is 2.39. The molecule has 71 heavy (non-hydrogen) atoms. The summed E-state index contributed by atoms with van der Waals surface area (Å²) in [7, 11) is 0. The Bertz CT molecular complexity index is 4070. The van der Waals surface area contributed by atoms with E-state index in [0.717, 1.165) is 83.6 Å². The van der Waals surface area contributed by atoms with Gasteiger partial charge in [0.1, 0.15) is 11.2 Å². The van der Waals surface area contributed by atoms with Crippen LogP contribution >= 0.6 is 0 Å². The second kappa shape index (κ2) is 17.4. The average Bonchev–Trinajstić information content (AvgIpc) is 3.98. The van der Waals surface area contributed by atoms with Crippen LogP contribution in [0, 0.1) is 13.8 Å². The fourth-order valence-electron chi connectivity index (χ4n) is 10.7. The Morgan fingerprint density at radius 3 is 1.51 bits per heavy atom. The van der Waals surface area contributed by atoms with Crippen LogP contribution in [0.1, 0.15) is 11.1 Å². The number of nitrogens with zero attached hydrogens (tertiary/aromatic N) is 2. The number of furan rings is 1. The predicted octanol–water partition coefficient (Wildman–Crippen LogP) is 19.1. The molecule has 0 aliphatic carbocycles. The van der Waals surface area contributed by atoms with E-state index < -0.39 is 0 Å². The number of benzene rings is 11. The van der Waals surface area contributed by atoms with E-state index in [-0.39, 0.29) is 0 Å². The van der Waals surface area contributed by atoms with Gasteiger partial charge in [0.25, 0.3) is 0 Å². The van der Waals surface area contributed by atoms with Crippen LogP contribution in [0.5, 0.6) is 0 Å². The van der Waals surface area contributed by atoms with Crippen LogP contribution < -0.4 is 4.90 Å². The van der Waals surface area contributed by atoms with Crippen LogP contribution in [-0.2, 0) is 0 Å². The van der Waals surface area contributed by atoms with E-state index >= 15 is 0 Å². The molecule has 0 spiro atoms. The summed E-state index contributed by atoms with van der Waals surface area (Å²) in [5, 5.41) is 4.73. The highest BCUT2D eigenvalue weighted by atomic mass is 16.3. The van der Waals surface area contributed by atoms with Gasteiger partial charge in [-0.2, -0.15) is 0 Å². The fourth-order valence-corrected chi connectivity index (χ4v) is 10.7. The second-order valence-electron chi connectivity index (χ2n) is 18.7. The molecule has 0 saturated carbocycles. The Morgan fingerprint density at radius 2 is 0.817 bits per heavy atom. The Balaban J connectivity index is 0.941. The van der Waals surface area contributed by atoms with Gasteiger partial charge in [-0.3, -0.25) is 0 Å². The molecule has 13 aromatic rings.